The lowest BCUT2D eigenvalue weighted by Crippen LogP contribution is -2.30. The van der Waals surface area contributed by atoms with Gasteiger partial charge in [-0.3, -0.25) is 4.79 Å². The Kier molecular flexibility index (Phi) is 3.94. The number of aryl methyl sites for hydroxylation is 1. The molecule has 3 N–H and O–H groups in total. The minimum Gasteiger partial charge on any atom is -0.507 e. The number of aliphatic carboxylic acids is 1. The van der Waals surface area contributed by atoms with Gasteiger partial charge in [-0.1, -0.05) is 6.07 Å². The molecule has 1 aromatic carbocycles. The van der Waals surface area contributed by atoms with E-state index in [-0.39, 0.29) is 11.7 Å². The van der Waals surface area contributed by atoms with E-state index in [0.717, 1.165) is 5.56 Å². The average Bonchev–Trinajstić information content (AvgIpc) is 2.89. The van der Waals surface area contributed by atoms with Gasteiger partial charge >= 0.3 is 5.97 Å². The van der Waals surface area contributed by atoms with Gasteiger partial charge in [0.05, 0.1) is 0 Å². The summed E-state index contributed by atoms with van der Waals surface area (Å²) in [7, 11) is 0. The van der Waals surface area contributed by atoms with Gasteiger partial charge in [0, 0.05) is 11.3 Å². The van der Waals surface area contributed by atoms with Gasteiger partial charge in [0.1, 0.15) is 11.9 Å². The van der Waals surface area contributed by atoms with Gasteiger partial charge in [0.25, 0.3) is 5.91 Å². The third-order valence-corrected chi connectivity index (χ3v) is 3.48. The van der Waals surface area contributed by atoms with Crippen molar-refractivity contribution in [2.75, 3.05) is 5.32 Å². The molecule has 108 valence electrons. The number of hydrogen-bond donors (Lipinski definition) is 3. The Bertz CT molecular complexity index is 555. The molecule has 0 aromatic heterocycles. The number of rotatable bonds is 3. The van der Waals surface area contributed by atoms with Crippen molar-refractivity contribution in [1.82, 2.24) is 0 Å². The summed E-state index contributed by atoms with van der Waals surface area (Å²) in [5.41, 5.74) is 1.80. The number of ether oxygens (including phenoxy) is 1. The van der Waals surface area contributed by atoms with Crippen molar-refractivity contribution < 1.29 is 24.5 Å². The third-order valence-electron chi connectivity index (χ3n) is 3.48. The number of hydrogen-bond acceptors (Lipinski definition) is 4. The van der Waals surface area contributed by atoms with Crippen LogP contribution >= 0.6 is 0 Å². The second-order valence-electron chi connectivity index (χ2n) is 4.92. The molecule has 1 saturated heterocycles. The van der Waals surface area contributed by atoms with Crippen molar-refractivity contribution in [3.63, 3.8) is 0 Å². The van der Waals surface area contributed by atoms with Crippen LogP contribution in [0.1, 0.15) is 24.0 Å². The first-order valence-corrected chi connectivity index (χ1v) is 6.38. The standard InChI is InChI=1S/C14H17NO5/c1-7-3-4-9(8(2)12(7)16)15-13(17)10-5-6-11(20-10)14(18)19/h3-4,10-11,16H,5-6H2,1-2H3,(H,15,17)(H,18,19)/t10-,11+/m0/s1. The highest BCUT2D eigenvalue weighted by Gasteiger charge is 2.34. The molecule has 0 unspecified atom stereocenters. The topological polar surface area (TPSA) is 95.9 Å². The number of phenols is 1. The summed E-state index contributed by atoms with van der Waals surface area (Å²) in [6.45, 7) is 3.47. The molecule has 2 rings (SSSR count). The molecule has 1 amide bonds. The Hall–Kier alpha value is -2.08. The third kappa shape index (κ3) is 2.75. The van der Waals surface area contributed by atoms with Crippen molar-refractivity contribution in [3.05, 3.63) is 23.3 Å². The fourth-order valence-corrected chi connectivity index (χ4v) is 2.20. The number of anilines is 1. The first-order valence-electron chi connectivity index (χ1n) is 6.38. The van der Waals surface area contributed by atoms with Crippen LogP contribution < -0.4 is 5.32 Å². The van der Waals surface area contributed by atoms with Crippen LogP contribution in [0, 0.1) is 13.8 Å². The van der Waals surface area contributed by atoms with Gasteiger partial charge < -0.3 is 20.3 Å². The molecule has 0 aliphatic carbocycles. The van der Waals surface area contributed by atoms with E-state index in [1.54, 1.807) is 26.0 Å². The molecule has 0 radical (unpaired) electrons. The smallest absolute Gasteiger partial charge is 0.332 e. The van der Waals surface area contributed by atoms with E-state index in [9.17, 15) is 14.7 Å². The van der Waals surface area contributed by atoms with Crippen molar-refractivity contribution >= 4 is 17.6 Å². The Morgan fingerprint density at radius 1 is 1.25 bits per heavy atom. The van der Waals surface area contributed by atoms with Crippen molar-refractivity contribution in [1.29, 1.82) is 0 Å². The molecule has 1 aromatic rings. The lowest BCUT2D eigenvalue weighted by Gasteiger charge is -2.14. The molecule has 1 heterocycles. The largest absolute Gasteiger partial charge is 0.507 e. The number of carbonyl (C=O) groups excluding carboxylic acids is 1. The number of amides is 1. The molecule has 0 bridgehead atoms. The predicted octanol–water partition coefficient (Wildman–Crippen LogP) is 1.58. The van der Waals surface area contributed by atoms with E-state index in [4.69, 9.17) is 9.84 Å². The van der Waals surface area contributed by atoms with Crippen LogP contribution in [0.5, 0.6) is 5.75 Å². The lowest BCUT2D eigenvalue weighted by molar-refractivity contribution is -0.150. The molecular formula is C14H17NO5. The number of carboxylic acids is 1. The number of aromatic hydroxyl groups is 1. The summed E-state index contributed by atoms with van der Waals surface area (Å²) in [5.74, 6) is -1.30. The Balaban J connectivity index is 2.06. The van der Waals surface area contributed by atoms with Gasteiger partial charge in [-0.25, -0.2) is 4.79 Å². The molecule has 2 atom stereocenters. The quantitative estimate of drug-likeness (QED) is 0.780. The minimum atomic E-state index is -1.05. The van der Waals surface area contributed by atoms with E-state index < -0.39 is 18.2 Å². The van der Waals surface area contributed by atoms with E-state index >= 15 is 0 Å². The highest BCUT2D eigenvalue weighted by atomic mass is 16.5. The Morgan fingerprint density at radius 2 is 1.90 bits per heavy atom. The van der Waals surface area contributed by atoms with Crippen LogP contribution in [-0.2, 0) is 14.3 Å². The van der Waals surface area contributed by atoms with Gasteiger partial charge in [-0.2, -0.15) is 0 Å². The summed E-state index contributed by atoms with van der Waals surface area (Å²) < 4.78 is 5.18. The Morgan fingerprint density at radius 3 is 2.50 bits per heavy atom. The average molecular weight is 279 g/mol. The molecule has 1 aliphatic heterocycles. The van der Waals surface area contributed by atoms with Gasteiger partial charge in [0.2, 0.25) is 0 Å². The van der Waals surface area contributed by atoms with E-state index in [0.29, 0.717) is 24.1 Å². The lowest BCUT2D eigenvalue weighted by atomic mass is 10.1. The fourth-order valence-electron chi connectivity index (χ4n) is 2.20. The van der Waals surface area contributed by atoms with E-state index in [1.807, 2.05) is 0 Å². The second kappa shape index (κ2) is 5.50. The van der Waals surface area contributed by atoms with Crippen LogP contribution in [-0.4, -0.2) is 34.3 Å². The zero-order chi connectivity index (χ0) is 14.9. The van der Waals surface area contributed by atoms with Crippen molar-refractivity contribution in [3.8, 4) is 5.75 Å². The molecule has 20 heavy (non-hydrogen) atoms. The van der Waals surface area contributed by atoms with E-state index in [2.05, 4.69) is 5.32 Å². The van der Waals surface area contributed by atoms with Gasteiger partial charge in [0.15, 0.2) is 6.10 Å². The molecule has 6 heteroatoms. The highest BCUT2D eigenvalue weighted by Crippen LogP contribution is 2.29. The maximum absolute atomic E-state index is 12.0. The van der Waals surface area contributed by atoms with Crippen molar-refractivity contribution in [2.24, 2.45) is 0 Å². The first-order chi connectivity index (χ1) is 9.40. The first kappa shape index (κ1) is 14.3. The number of benzene rings is 1. The number of nitrogens with one attached hydrogen (secondary N) is 1. The molecular weight excluding hydrogens is 262 g/mol. The van der Waals surface area contributed by atoms with Crippen LogP contribution in [0.25, 0.3) is 0 Å². The fraction of sp³-hybridized carbons (Fsp3) is 0.429. The molecule has 1 aliphatic rings. The van der Waals surface area contributed by atoms with Crippen LogP contribution in [0.2, 0.25) is 0 Å². The van der Waals surface area contributed by atoms with Crippen LogP contribution in [0.3, 0.4) is 0 Å². The zero-order valence-corrected chi connectivity index (χ0v) is 11.3. The van der Waals surface area contributed by atoms with Crippen LogP contribution in [0.15, 0.2) is 12.1 Å². The summed E-state index contributed by atoms with van der Waals surface area (Å²) >= 11 is 0. The molecule has 1 fully saturated rings. The zero-order valence-electron chi connectivity index (χ0n) is 11.3. The molecule has 0 saturated carbocycles. The monoisotopic (exact) mass is 279 g/mol. The number of phenolic OH excluding ortho intramolecular Hbond substituents is 1. The Labute approximate surface area is 116 Å². The summed E-state index contributed by atoms with van der Waals surface area (Å²) in [6, 6.07) is 3.40. The van der Waals surface area contributed by atoms with Gasteiger partial charge in [-0.05, 0) is 38.3 Å². The summed E-state index contributed by atoms with van der Waals surface area (Å²) in [4.78, 5) is 22.8. The maximum atomic E-state index is 12.0. The predicted molar refractivity (Wildman–Crippen MR) is 71.7 cm³/mol. The number of carbonyl (C=O) groups is 2. The second-order valence-corrected chi connectivity index (χ2v) is 4.92. The highest BCUT2D eigenvalue weighted by molar-refractivity contribution is 5.95. The summed E-state index contributed by atoms with van der Waals surface area (Å²) in [5, 5.41) is 21.3. The maximum Gasteiger partial charge on any atom is 0.332 e. The minimum absolute atomic E-state index is 0.138. The summed E-state index contributed by atoms with van der Waals surface area (Å²) in [6.07, 6.45) is -0.983. The number of carboxylic acid groups (broad SMARTS) is 1. The van der Waals surface area contributed by atoms with E-state index in [1.165, 1.54) is 0 Å². The SMILES string of the molecule is Cc1ccc(NC(=O)[C@@H]2CC[C@H](C(=O)O)O2)c(C)c1O. The van der Waals surface area contributed by atoms with Gasteiger partial charge in [-0.15, -0.1) is 0 Å². The molecule has 0 spiro atoms. The van der Waals surface area contributed by atoms with Crippen molar-refractivity contribution in [2.45, 2.75) is 38.9 Å². The molecule has 6 nitrogen and oxygen atoms in total. The normalized spacial score (nSPS) is 21.7. The van der Waals surface area contributed by atoms with Crippen LogP contribution in [0.4, 0.5) is 5.69 Å².